The van der Waals surface area contributed by atoms with Crippen LogP contribution < -0.4 is 5.32 Å². The quantitative estimate of drug-likeness (QED) is 0.739. The molecule has 3 heteroatoms. The molecule has 3 nitrogen and oxygen atoms in total. The molecule has 0 radical (unpaired) electrons. The lowest BCUT2D eigenvalue weighted by atomic mass is 9.94. The van der Waals surface area contributed by atoms with Crippen molar-refractivity contribution in [3.63, 3.8) is 0 Å². The maximum Gasteiger partial charge on any atom is 0.0448 e. The first-order valence-corrected chi connectivity index (χ1v) is 5.95. The monoisotopic (exact) mass is 222 g/mol. The Morgan fingerprint density at radius 1 is 1.38 bits per heavy atom. The smallest absolute Gasteiger partial charge is 0.0448 e. The van der Waals surface area contributed by atoms with E-state index in [4.69, 9.17) is 5.11 Å². The molecule has 0 fully saturated rings. The Bertz CT molecular complexity index is 289. The largest absolute Gasteiger partial charge is 0.396 e. The van der Waals surface area contributed by atoms with E-state index in [9.17, 15) is 0 Å². The lowest BCUT2D eigenvalue weighted by Crippen LogP contribution is -2.43. The summed E-state index contributed by atoms with van der Waals surface area (Å²) in [5.74, 6) is 0. The fourth-order valence-corrected chi connectivity index (χ4v) is 1.69. The molecule has 1 rings (SSSR count). The summed E-state index contributed by atoms with van der Waals surface area (Å²) in [6, 6.07) is 4.08. The minimum absolute atomic E-state index is 0.0573. The fourth-order valence-electron chi connectivity index (χ4n) is 1.69. The van der Waals surface area contributed by atoms with Gasteiger partial charge in [0, 0.05) is 24.5 Å². The molecule has 2 N–H and O–H groups in total. The van der Waals surface area contributed by atoms with Gasteiger partial charge in [-0.25, -0.2) is 0 Å². The molecule has 0 bridgehead atoms. The van der Waals surface area contributed by atoms with E-state index in [1.165, 1.54) is 5.56 Å². The van der Waals surface area contributed by atoms with Crippen LogP contribution in [0, 0.1) is 0 Å². The minimum atomic E-state index is 0.0573. The number of nitrogens with zero attached hydrogens (tertiary/aromatic N) is 1. The predicted molar refractivity (Wildman–Crippen MR) is 66.3 cm³/mol. The number of hydrogen-bond acceptors (Lipinski definition) is 3. The Morgan fingerprint density at radius 3 is 2.62 bits per heavy atom. The van der Waals surface area contributed by atoms with Crippen LogP contribution in [0.3, 0.4) is 0 Å². The van der Waals surface area contributed by atoms with Gasteiger partial charge in [-0.2, -0.15) is 0 Å². The van der Waals surface area contributed by atoms with Crippen LogP contribution in [-0.4, -0.2) is 28.8 Å². The third-order valence-corrected chi connectivity index (χ3v) is 3.16. The van der Waals surface area contributed by atoms with Gasteiger partial charge in [0.2, 0.25) is 0 Å². The Balaban J connectivity index is 2.34. The van der Waals surface area contributed by atoms with Crippen molar-refractivity contribution in [1.29, 1.82) is 0 Å². The van der Waals surface area contributed by atoms with Gasteiger partial charge in [0.1, 0.15) is 0 Å². The lowest BCUT2D eigenvalue weighted by Gasteiger charge is -2.29. The fraction of sp³-hybridized carbons (Fsp3) is 0.615. The highest BCUT2D eigenvalue weighted by atomic mass is 16.3. The lowest BCUT2D eigenvalue weighted by molar-refractivity contribution is 0.216. The molecule has 1 unspecified atom stereocenters. The second kappa shape index (κ2) is 6.61. The van der Waals surface area contributed by atoms with Crippen molar-refractivity contribution in [2.24, 2.45) is 0 Å². The van der Waals surface area contributed by atoms with Crippen LogP contribution in [0.2, 0.25) is 0 Å². The molecule has 90 valence electrons. The molecule has 0 aliphatic heterocycles. The van der Waals surface area contributed by atoms with E-state index < -0.39 is 0 Å². The summed E-state index contributed by atoms with van der Waals surface area (Å²) in [6.45, 7) is 5.49. The third kappa shape index (κ3) is 4.29. The molecule has 0 aliphatic rings. The maximum absolute atomic E-state index is 9.00. The highest BCUT2D eigenvalue weighted by Crippen LogP contribution is 2.13. The van der Waals surface area contributed by atoms with Gasteiger partial charge in [0.25, 0.3) is 0 Å². The van der Waals surface area contributed by atoms with Gasteiger partial charge in [-0.3, -0.25) is 4.98 Å². The Kier molecular flexibility index (Phi) is 5.43. The number of pyridine rings is 1. The van der Waals surface area contributed by atoms with E-state index in [0.29, 0.717) is 0 Å². The van der Waals surface area contributed by atoms with Gasteiger partial charge < -0.3 is 10.4 Å². The number of nitrogens with one attached hydrogen (secondary N) is 1. The summed E-state index contributed by atoms with van der Waals surface area (Å²) in [4.78, 5) is 3.99. The molecule has 0 saturated carbocycles. The summed E-state index contributed by atoms with van der Waals surface area (Å²) in [5.41, 5.74) is 1.35. The highest BCUT2D eigenvalue weighted by Gasteiger charge is 2.19. The molecule has 16 heavy (non-hydrogen) atoms. The normalized spacial score (nSPS) is 14.7. The average molecular weight is 222 g/mol. The van der Waals surface area contributed by atoms with Crippen LogP contribution in [0.4, 0.5) is 0 Å². The van der Waals surface area contributed by atoms with Crippen molar-refractivity contribution in [1.82, 2.24) is 10.3 Å². The number of rotatable bonds is 7. The summed E-state index contributed by atoms with van der Waals surface area (Å²) >= 11 is 0. The van der Waals surface area contributed by atoms with Crippen molar-refractivity contribution >= 4 is 0 Å². The molecule has 1 atom stereocenters. The van der Waals surface area contributed by atoms with Crippen LogP contribution in [0.25, 0.3) is 0 Å². The van der Waals surface area contributed by atoms with Crippen LogP contribution in [0.5, 0.6) is 0 Å². The van der Waals surface area contributed by atoms with E-state index in [2.05, 4.69) is 24.1 Å². The molecule has 0 aromatic carbocycles. The van der Waals surface area contributed by atoms with Crippen molar-refractivity contribution in [2.75, 3.05) is 13.2 Å². The van der Waals surface area contributed by atoms with Crippen LogP contribution in [-0.2, 0) is 6.42 Å². The van der Waals surface area contributed by atoms with Crippen molar-refractivity contribution in [2.45, 2.75) is 38.6 Å². The average Bonchev–Trinajstić information content (AvgIpc) is 2.31. The Labute approximate surface area is 97.9 Å². The molecular formula is C13H22N2O. The van der Waals surface area contributed by atoms with E-state index in [0.717, 1.165) is 25.8 Å². The van der Waals surface area contributed by atoms with Crippen molar-refractivity contribution < 1.29 is 5.11 Å². The molecule has 1 heterocycles. The summed E-state index contributed by atoms with van der Waals surface area (Å²) in [5, 5.41) is 12.5. The van der Waals surface area contributed by atoms with Gasteiger partial charge in [0.05, 0.1) is 0 Å². The first-order valence-electron chi connectivity index (χ1n) is 5.95. The first kappa shape index (κ1) is 13.1. The van der Waals surface area contributed by atoms with Gasteiger partial charge in [-0.15, -0.1) is 0 Å². The van der Waals surface area contributed by atoms with Gasteiger partial charge in [0.15, 0.2) is 0 Å². The summed E-state index contributed by atoms with van der Waals surface area (Å²) in [6.07, 6.45) is 6.48. The number of aliphatic hydroxyl groups is 1. The molecular weight excluding hydrogens is 200 g/mol. The zero-order valence-electron chi connectivity index (χ0n) is 10.2. The van der Waals surface area contributed by atoms with Gasteiger partial charge in [-0.05, 0) is 50.4 Å². The Morgan fingerprint density at radius 2 is 2.06 bits per heavy atom. The zero-order chi connectivity index (χ0) is 11.9. The van der Waals surface area contributed by atoms with E-state index >= 15 is 0 Å². The van der Waals surface area contributed by atoms with E-state index in [-0.39, 0.29) is 12.1 Å². The van der Waals surface area contributed by atoms with E-state index in [1.807, 2.05) is 24.5 Å². The van der Waals surface area contributed by atoms with Crippen LogP contribution in [0.15, 0.2) is 24.5 Å². The second-order valence-corrected chi connectivity index (χ2v) is 4.42. The van der Waals surface area contributed by atoms with Crippen molar-refractivity contribution in [3.8, 4) is 0 Å². The highest BCUT2D eigenvalue weighted by molar-refractivity contribution is 5.10. The topological polar surface area (TPSA) is 45.1 Å². The molecule has 0 amide bonds. The molecule has 0 saturated heterocycles. The van der Waals surface area contributed by atoms with Crippen LogP contribution >= 0.6 is 0 Å². The molecule has 1 aromatic rings. The summed E-state index contributed by atoms with van der Waals surface area (Å²) < 4.78 is 0. The standard InChI is InChI=1S/C13H22N2O/c1-3-13(2,7-11-16)15-10-6-12-4-8-14-9-5-12/h4-5,8-9,15-16H,3,6-7,10-11H2,1-2H3. The SMILES string of the molecule is CCC(C)(CCO)NCCc1ccncc1. The van der Waals surface area contributed by atoms with Gasteiger partial charge >= 0.3 is 0 Å². The maximum atomic E-state index is 9.00. The molecule has 0 aliphatic carbocycles. The predicted octanol–water partition coefficient (Wildman–Crippen LogP) is 1.76. The number of aromatic nitrogens is 1. The number of hydrogen-bond donors (Lipinski definition) is 2. The molecule has 1 aromatic heterocycles. The number of aliphatic hydroxyl groups excluding tert-OH is 1. The minimum Gasteiger partial charge on any atom is -0.396 e. The van der Waals surface area contributed by atoms with Gasteiger partial charge in [-0.1, -0.05) is 6.92 Å². The van der Waals surface area contributed by atoms with Crippen molar-refractivity contribution in [3.05, 3.63) is 30.1 Å². The zero-order valence-corrected chi connectivity index (χ0v) is 10.2. The van der Waals surface area contributed by atoms with Crippen LogP contribution in [0.1, 0.15) is 32.3 Å². The molecule has 0 spiro atoms. The second-order valence-electron chi connectivity index (χ2n) is 4.42. The first-order chi connectivity index (χ1) is 7.70. The summed E-state index contributed by atoms with van der Waals surface area (Å²) in [7, 11) is 0. The third-order valence-electron chi connectivity index (χ3n) is 3.16. The van der Waals surface area contributed by atoms with E-state index in [1.54, 1.807) is 0 Å². The Hall–Kier alpha value is -0.930.